The third-order valence-electron chi connectivity index (χ3n) is 3.39. The van der Waals surface area contributed by atoms with Crippen LogP contribution in [0, 0.1) is 0 Å². The van der Waals surface area contributed by atoms with Crippen molar-refractivity contribution in [1.29, 1.82) is 0 Å². The Morgan fingerprint density at radius 1 is 1.67 bits per heavy atom. The van der Waals surface area contributed by atoms with Crippen LogP contribution in [0.5, 0.6) is 0 Å². The summed E-state index contributed by atoms with van der Waals surface area (Å²) in [5.74, 6) is 0.138. The van der Waals surface area contributed by atoms with Crippen molar-refractivity contribution in [3.05, 3.63) is 22.4 Å². The molecule has 1 fully saturated rings. The average molecular weight is 314 g/mol. The normalized spacial score (nSPS) is 19.2. The van der Waals surface area contributed by atoms with Gasteiger partial charge in [0.25, 0.3) is 5.91 Å². The van der Waals surface area contributed by atoms with Crippen molar-refractivity contribution in [3.8, 4) is 0 Å². The van der Waals surface area contributed by atoms with Gasteiger partial charge in [-0.25, -0.2) is 0 Å². The van der Waals surface area contributed by atoms with Crippen molar-refractivity contribution < 1.29 is 4.79 Å². The van der Waals surface area contributed by atoms with E-state index in [1.165, 1.54) is 0 Å². The molecule has 0 radical (unpaired) electrons. The quantitative estimate of drug-likeness (QED) is 0.923. The number of halogens is 1. The molecular formula is C13H20BrN3O. The highest BCUT2D eigenvalue weighted by atomic mass is 79.9. The van der Waals surface area contributed by atoms with Crippen LogP contribution in [0.4, 0.5) is 0 Å². The van der Waals surface area contributed by atoms with Crippen LogP contribution in [0.2, 0.25) is 0 Å². The van der Waals surface area contributed by atoms with Crippen LogP contribution < -0.4 is 5.32 Å². The molecule has 2 rings (SSSR count). The van der Waals surface area contributed by atoms with Gasteiger partial charge in [0.15, 0.2) is 0 Å². The van der Waals surface area contributed by atoms with Gasteiger partial charge in [0.05, 0.1) is 0 Å². The van der Waals surface area contributed by atoms with E-state index in [1.54, 1.807) is 0 Å². The number of nitrogens with zero attached hydrogens (tertiary/aromatic N) is 2. The van der Waals surface area contributed by atoms with E-state index in [2.05, 4.69) is 28.2 Å². The lowest BCUT2D eigenvalue weighted by Gasteiger charge is -2.28. The molecule has 0 aliphatic carbocycles. The lowest BCUT2D eigenvalue weighted by atomic mass is 10.2. The molecule has 2 heterocycles. The molecule has 1 aromatic heterocycles. The summed E-state index contributed by atoms with van der Waals surface area (Å²) in [6.45, 7) is 4.86. The summed E-state index contributed by atoms with van der Waals surface area (Å²) in [7, 11) is 1.91. The van der Waals surface area contributed by atoms with Crippen molar-refractivity contribution >= 4 is 21.8 Å². The molecule has 1 aliphatic rings. The van der Waals surface area contributed by atoms with Gasteiger partial charge < -0.3 is 14.8 Å². The first-order valence-corrected chi connectivity index (χ1v) is 7.26. The highest BCUT2D eigenvalue weighted by molar-refractivity contribution is 9.10. The van der Waals surface area contributed by atoms with Crippen molar-refractivity contribution in [2.24, 2.45) is 7.05 Å². The summed E-state index contributed by atoms with van der Waals surface area (Å²) in [6.07, 6.45) is 3.97. The van der Waals surface area contributed by atoms with E-state index < -0.39 is 0 Å². The average Bonchev–Trinajstić information content (AvgIpc) is 2.95. The summed E-state index contributed by atoms with van der Waals surface area (Å²) >= 11 is 3.42. The fraction of sp³-hybridized carbons (Fsp3) is 0.615. The number of carbonyl (C=O) groups is 1. The van der Waals surface area contributed by atoms with Crippen LogP contribution in [0.1, 0.15) is 30.3 Å². The maximum Gasteiger partial charge on any atom is 0.270 e. The Balaban J connectivity index is 2.19. The summed E-state index contributed by atoms with van der Waals surface area (Å²) in [4.78, 5) is 14.6. The first-order valence-electron chi connectivity index (χ1n) is 6.47. The molecule has 1 N–H and O–H groups in total. The minimum absolute atomic E-state index is 0.138. The van der Waals surface area contributed by atoms with Crippen molar-refractivity contribution in [1.82, 2.24) is 14.8 Å². The predicted octanol–water partition coefficient (Wildman–Crippen LogP) is 2.00. The van der Waals surface area contributed by atoms with Gasteiger partial charge in [0, 0.05) is 36.8 Å². The molecule has 1 aliphatic heterocycles. The van der Waals surface area contributed by atoms with Gasteiger partial charge in [-0.05, 0) is 41.4 Å². The molecule has 0 saturated carbocycles. The van der Waals surface area contributed by atoms with E-state index in [-0.39, 0.29) is 5.91 Å². The number of hydrogen-bond donors (Lipinski definition) is 1. The SMILES string of the molecule is CCCN(C(=O)c1cc(Br)cn1C)C1CCNC1. The molecule has 18 heavy (non-hydrogen) atoms. The Hall–Kier alpha value is -0.810. The minimum atomic E-state index is 0.138. The maximum absolute atomic E-state index is 12.6. The fourth-order valence-electron chi connectivity index (χ4n) is 2.48. The third-order valence-corrected chi connectivity index (χ3v) is 3.82. The van der Waals surface area contributed by atoms with Gasteiger partial charge in [0.2, 0.25) is 0 Å². The highest BCUT2D eigenvalue weighted by Crippen LogP contribution is 2.18. The Morgan fingerprint density at radius 2 is 2.44 bits per heavy atom. The summed E-state index contributed by atoms with van der Waals surface area (Å²) < 4.78 is 2.84. The molecular weight excluding hydrogens is 294 g/mol. The van der Waals surface area contributed by atoms with E-state index in [0.29, 0.717) is 6.04 Å². The van der Waals surface area contributed by atoms with E-state index in [0.717, 1.165) is 42.6 Å². The number of hydrogen-bond acceptors (Lipinski definition) is 2. The van der Waals surface area contributed by atoms with Crippen LogP contribution in [0.25, 0.3) is 0 Å². The Kier molecular flexibility index (Phi) is 4.45. The Labute approximate surface area is 116 Å². The van der Waals surface area contributed by atoms with Gasteiger partial charge in [0.1, 0.15) is 5.69 Å². The number of aryl methyl sites for hydroxylation is 1. The zero-order chi connectivity index (χ0) is 13.1. The second-order valence-corrected chi connectivity index (χ2v) is 5.72. The molecule has 1 saturated heterocycles. The van der Waals surface area contributed by atoms with Gasteiger partial charge in [-0.15, -0.1) is 0 Å². The molecule has 1 amide bonds. The van der Waals surface area contributed by atoms with Crippen LogP contribution in [-0.4, -0.2) is 41.1 Å². The maximum atomic E-state index is 12.6. The van der Waals surface area contributed by atoms with Crippen LogP contribution in [-0.2, 0) is 7.05 Å². The molecule has 0 aromatic carbocycles. The topological polar surface area (TPSA) is 37.3 Å². The Morgan fingerprint density at radius 3 is 2.94 bits per heavy atom. The predicted molar refractivity (Wildman–Crippen MR) is 75.7 cm³/mol. The zero-order valence-electron chi connectivity index (χ0n) is 10.9. The van der Waals surface area contributed by atoms with Crippen molar-refractivity contribution in [2.75, 3.05) is 19.6 Å². The number of rotatable bonds is 4. The number of carbonyl (C=O) groups excluding carboxylic acids is 1. The van der Waals surface area contributed by atoms with Gasteiger partial charge >= 0.3 is 0 Å². The smallest absolute Gasteiger partial charge is 0.270 e. The third kappa shape index (κ3) is 2.78. The van der Waals surface area contributed by atoms with Gasteiger partial charge in [-0.2, -0.15) is 0 Å². The van der Waals surface area contributed by atoms with Crippen molar-refractivity contribution in [2.45, 2.75) is 25.8 Å². The van der Waals surface area contributed by atoms with E-state index in [9.17, 15) is 4.79 Å². The van der Waals surface area contributed by atoms with Crippen LogP contribution in [0.15, 0.2) is 16.7 Å². The van der Waals surface area contributed by atoms with E-state index in [1.807, 2.05) is 28.8 Å². The van der Waals surface area contributed by atoms with Gasteiger partial charge in [-0.1, -0.05) is 6.92 Å². The number of amides is 1. The Bertz CT molecular complexity index is 424. The number of nitrogens with one attached hydrogen (secondary N) is 1. The largest absolute Gasteiger partial charge is 0.345 e. The first kappa shape index (κ1) is 13.6. The highest BCUT2D eigenvalue weighted by Gasteiger charge is 2.27. The lowest BCUT2D eigenvalue weighted by molar-refractivity contribution is 0.0682. The van der Waals surface area contributed by atoms with Crippen LogP contribution >= 0.6 is 15.9 Å². The zero-order valence-corrected chi connectivity index (χ0v) is 12.5. The standard InChI is InChI=1S/C13H20BrN3O/c1-3-6-17(11-4-5-15-8-11)13(18)12-7-10(14)9-16(12)2/h7,9,11,15H,3-6,8H2,1-2H3. The summed E-state index contributed by atoms with van der Waals surface area (Å²) in [6, 6.07) is 2.24. The molecule has 0 bridgehead atoms. The monoisotopic (exact) mass is 313 g/mol. The molecule has 1 unspecified atom stereocenters. The van der Waals surface area contributed by atoms with Crippen molar-refractivity contribution in [3.63, 3.8) is 0 Å². The van der Waals surface area contributed by atoms with E-state index >= 15 is 0 Å². The fourth-order valence-corrected chi connectivity index (χ4v) is 3.00. The molecule has 100 valence electrons. The molecule has 1 atom stereocenters. The summed E-state index contributed by atoms with van der Waals surface area (Å²) in [5.41, 5.74) is 0.752. The minimum Gasteiger partial charge on any atom is -0.345 e. The molecule has 1 aromatic rings. The molecule has 0 spiro atoms. The van der Waals surface area contributed by atoms with Crippen LogP contribution in [0.3, 0.4) is 0 Å². The lowest BCUT2D eigenvalue weighted by Crippen LogP contribution is -2.42. The van der Waals surface area contributed by atoms with Gasteiger partial charge in [-0.3, -0.25) is 4.79 Å². The van der Waals surface area contributed by atoms with E-state index in [4.69, 9.17) is 0 Å². The second-order valence-electron chi connectivity index (χ2n) is 4.80. The molecule has 4 nitrogen and oxygen atoms in total. The number of aromatic nitrogens is 1. The first-order chi connectivity index (χ1) is 8.63. The summed E-state index contributed by atoms with van der Waals surface area (Å²) in [5, 5.41) is 3.33. The molecule has 5 heteroatoms. The second kappa shape index (κ2) is 5.89.